The number of piperidine rings is 1. The Hall–Kier alpha value is -2.44. The van der Waals surface area contributed by atoms with Crippen LogP contribution in [0.25, 0.3) is 0 Å². The molecule has 1 aromatic heterocycles. The topological polar surface area (TPSA) is 99.6 Å². The van der Waals surface area contributed by atoms with Gasteiger partial charge in [-0.3, -0.25) is 14.5 Å². The molecule has 0 bridgehead atoms. The number of aromatic nitrogens is 1. The van der Waals surface area contributed by atoms with E-state index in [4.69, 9.17) is 5.11 Å². The molecule has 1 aliphatic rings. The summed E-state index contributed by atoms with van der Waals surface area (Å²) in [6, 6.07) is 2.44. The number of likely N-dealkylation sites (N-methyl/N-ethyl adjacent to an activating group) is 1. The third-order valence-electron chi connectivity index (χ3n) is 3.29. The number of likely N-dealkylation sites (tertiary alicyclic amines) is 1. The van der Waals surface area contributed by atoms with Crippen molar-refractivity contribution in [3.05, 3.63) is 23.4 Å². The molecule has 0 saturated carbocycles. The number of hydrogen-bond donors (Lipinski definition) is 2. The number of pyridine rings is 1. The number of nitrogens with zero attached hydrogens (tertiary/aromatic N) is 2. The maximum atomic E-state index is 11.9. The van der Waals surface area contributed by atoms with E-state index in [1.807, 2.05) is 0 Å². The molecule has 1 aromatic rings. The summed E-state index contributed by atoms with van der Waals surface area (Å²) in [6.07, 6.45) is 0.704. The number of carbonyl (C=O) groups is 3. The predicted molar refractivity (Wildman–Crippen MR) is 70.4 cm³/mol. The fourth-order valence-electron chi connectivity index (χ4n) is 2.10. The monoisotopic (exact) mass is 277 g/mol. The van der Waals surface area contributed by atoms with Gasteiger partial charge in [-0.2, -0.15) is 0 Å². The number of anilines is 1. The number of amides is 2. The first-order valence-corrected chi connectivity index (χ1v) is 6.18. The average Bonchev–Trinajstić information content (AvgIpc) is 2.39. The fraction of sp³-hybridized carbons (Fsp3) is 0.385. The van der Waals surface area contributed by atoms with E-state index in [0.29, 0.717) is 24.4 Å². The molecule has 1 saturated heterocycles. The summed E-state index contributed by atoms with van der Waals surface area (Å²) in [6.45, 7) is 1.59. The van der Waals surface area contributed by atoms with Crippen LogP contribution in [0.1, 0.15) is 28.9 Å². The molecular weight excluding hydrogens is 262 g/mol. The van der Waals surface area contributed by atoms with Crippen LogP contribution < -0.4 is 5.32 Å². The third kappa shape index (κ3) is 2.61. The molecule has 0 radical (unpaired) electrons. The maximum Gasteiger partial charge on any atom is 0.337 e. The van der Waals surface area contributed by atoms with Crippen molar-refractivity contribution in [1.82, 2.24) is 9.88 Å². The number of imide groups is 1. The predicted octanol–water partition coefficient (Wildman–Crippen LogP) is 0.648. The number of rotatable bonds is 3. The van der Waals surface area contributed by atoms with Gasteiger partial charge in [0.1, 0.15) is 11.9 Å². The minimum Gasteiger partial charge on any atom is -0.478 e. The summed E-state index contributed by atoms with van der Waals surface area (Å²) in [5.74, 6) is -1.12. The van der Waals surface area contributed by atoms with Crippen molar-refractivity contribution in [2.24, 2.45) is 0 Å². The lowest BCUT2D eigenvalue weighted by Crippen LogP contribution is -2.48. The van der Waals surface area contributed by atoms with Crippen LogP contribution in [0.4, 0.5) is 5.82 Å². The quantitative estimate of drug-likeness (QED) is 0.787. The molecule has 7 nitrogen and oxygen atoms in total. The van der Waals surface area contributed by atoms with Crippen molar-refractivity contribution in [3.63, 3.8) is 0 Å². The SMILES string of the molecule is Cc1nc(NC2CCC(=O)N(C)C2=O)ccc1C(=O)O. The molecule has 20 heavy (non-hydrogen) atoms. The summed E-state index contributed by atoms with van der Waals surface area (Å²) in [5.41, 5.74) is 0.494. The summed E-state index contributed by atoms with van der Waals surface area (Å²) in [4.78, 5) is 39.4. The largest absolute Gasteiger partial charge is 0.478 e. The number of carbonyl (C=O) groups excluding carboxylic acids is 2. The van der Waals surface area contributed by atoms with Crippen molar-refractivity contribution in [2.75, 3.05) is 12.4 Å². The Kier molecular flexibility index (Phi) is 3.69. The number of carboxylic acids is 1. The first kappa shape index (κ1) is 14.0. The Balaban J connectivity index is 2.14. The second-order valence-corrected chi connectivity index (χ2v) is 4.66. The van der Waals surface area contributed by atoms with Gasteiger partial charge in [0, 0.05) is 13.5 Å². The van der Waals surface area contributed by atoms with Crippen molar-refractivity contribution >= 4 is 23.6 Å². The van der Waals surface area contributed by atoms with E-state index in [9.17, 15) is 14.4 Å². The molecule has 1 unspecified atom stereocenters. The Morgan fingerprint density at radius 1 is 1.45 bits per heavy atom. The molecule has 0 aliphatic carbocycles. The van der Waals surface area contributed by atoms with Gasteiger partial charge in [0.2, 0.25) is 5.91 Å². The summed E-state index contributed by atoms with van der Waals surface area (Å²) in [5, 5.41) is 11.9. The highest BCUT2D eigenvalue weighted by Gasteiger charge is 2.31. The van der Waals surface area contributed by atoms with Crippen LogP contribution >= 0.6 is 0 Å². The molecule has 2 N–H and O–H groups in total. The molecule has 0 spiro atoms. The second-order valence-electron chi connectivity index (χ2n) is 4.66. The highest BCUT2D eigenvalue weighted by Crippen LogP contribution is 2.17. The molecule has 1 atom stereocenters. The third-order valence-corrected chi connectivity index (χ3v) is 3.29. The normalized spacial score (nSPS) is 19.1. The molecule has 0 aromatic carbocycles. The Morgan fingerprint density at radius 3 is 2.75 bits per heavy atom. The van der Waals surface area contributed by atoms with Crippen LogP contribution in [0, 0.1) is 6.92 Å². The van der Waals surface area contributed by atoms with Crippen molar-refractivity contribution in [1.29, 1.82) is 0 Å². The van der Waals surface area contributed by atoms with Gasteiger partial charge in [0.05, 0.1) is 11.3 Å². The van der Waals surface area contributed by atoms with Gasteiger partial charge < -0.3 is 10.4 Å². The standard InChI is InChI=1S/C13H15N3O4/c1-7-8(13(19)20)3-5-10(14-7)15-9-4-6-11(17)16(2)12(9)18/h3,5,9H,4,6H2,1-2H3,(H,14,15)(H,19,20). The smallest absolute Gasteiger partial charge is 0.337 e. The van der Waals surface area contributed by atoms with Gasteiger partial charge in [-0.1, -0.05) is 0 Å². The fourth-order valence-corrected chi connectivity index (χ4v) is 2.10. The number of nitrogens with one attached hydrogen (secondary N) is 1. The van der Waals surface area contributed by atoms with Crippen molar-refractivity contribution in [3.8, 4) is 0 Å². The van der Waals surface area contributed by atoms with Crippen LogP contribution in [0.5, 0.6) is 0 Å². The first-order chi connectivity index (χ1) is 9.40. The zero-order valence-corrected chi connectivity index (χ0v) is 11.2. The molecule has 2 amide bonds. The van der Waals surface area contributed by atoms with Gasteiger partial charge in [-0.25, -0.2) is 9.78 Å². The van der Waals surface area contributed by atoms with Crippen LogP contribution in [0.15, 0.2) is 12.1 Å². The number of carboxylic acid groups (broad SMARTS) is 1. The van der Waals surface area contributed by atoms with E-state index in [1.54, 1.807) is 6.92 Å². The van der Waals surface area contributed by atoms with Gasteiger partial charge in [-0.05, 0) is 25.5 Å². The first-order valence-electron chi connectivity index (χ1n) is 6.18. The Morgan fingerprint density at radius 2 is 2.15 bits per heavy atom. The van der Waals surface area contributed by atoms with Crippen molar-refractivity contribution < 1.29 is 19.5 Å². The lowest BCUT2D eigenvalue weighted by Gasteiger charge is -2.28. The van der Waals surface area contributed by atoms with Gasteiger partial charge in [0.15, 0.2) is 0 Å². The van der Waals surface area contributed by atoms with Gasteiger partial charge in [0.25, 0.3) is 5.91 Å². The Labute approximate surface area is 115 Å². The zero-order valence-electron chi connectivity index (χ0n) is 11.2. The van der Waals surface area contributed by atoms with E-state index < -0.39 is 12.0 Å². The zero-order chi connectivity index (χ0) is 14.9. The summed E-state index contributed by atoms with van der Waals surface area (Å²) >= 11 is 0. The Bertz CT molecular complexity index is 585. The second kappa shape index (κ2) is 5.28. The lowest BCUT2D eigenvalue weighted by molar-refractivity contribution is -0.146. The van der Waals surface area contributed by atoms with Crippen molar-refractivity contribution in [2.45, 2.75) is 25.8 Å². The summed E-state index contributed by atoms with van der Waals surface area (Å²) in [7, 11) is 1.45. The van der Waals surface area contributed by atoms with Crippen LogP contribution in [0.2, 0.25) is 0 Å². The highest BCUT2D eigenvalue weighted by molar-refractivity contribution is 6.01. The van der Waals surface area contributed by atoms with E-state index in [1.165, 1.54) is 19.2 Å². The molecule has 1 fully saturated rings. The average molecular weight is 277 g/mol. The van der Waals surface area contributed by atoms with E-state index in [-0.39, 0.29) is 17.4 Å². The molecule has 2 heterocycles. The molecule has 7 heteroatoms. The van der Waals surface area contributed by atoms with Crippen LogP contribution in [-0.2, 0) is 9.59 Å². The van der Waals surface area contributed by atoms with Gasteiger partial charge >= 0.3 is 5.97 Å². The minimum absolute atomic E-state index is 0.123. The minimum atomic E-state index is -1.04. The van der Waals surface area contributed by atoms with E-state index in [2.05, 4.69) is 10.3 Å². The maximum absolute atomic E-state index is 11.9. The number of aromatic carboxylic acids is 1. The molecular formula is C13H15N3O4. The molecule has 106 valence electrons. The van der Waals surface area contributed by atoms with Gasteiger partial charge in [-0.15, -0.1) is 0 Å². The molecule has 2 rings (SSSR count). The van der Waals surface area contributed by atoms with Crippen LogP contribution in [0.3, 0.4) is 0 Å². The highest BCUT2D eigenvalue weighted by atomic mass is 16.4. The number of hydrogen-bond acceptors (Lipinski definition) is 5. The van der Waals surface area contributed by atoms with Crippen LogP contribution in [-0.4, -0.2) is 45.9 Å². The molecule has 1 aliphatic heterocycles. The lowest BCUT2D eigenvalue weighted by atomic mass is 10.0. The van der Waals surface area contributed by atoms with E-state index in [0.717, 1.165) is 4.90 Å². The number of aryl methyl sites for hydroxylation is 1. The summed E-state index contributed by atoms with van der Waals surface area (Å²) < 4.78 is 0. The van der Waals surface area contributed by atoms with E-state index >= 15 is 0 Å².